The van der Waals surface area contributed by atoms with Gasteiger partial charge >= 0.3 is 0 Å². The summed E-state index contributed by atoms with van der Waals surface area (Å²) in [4.78, 5) is 14.2. The molecule has 8 heteroatoms. The fourth-order valence-corrected chi connectivity index (χ4v) is 3.54. The molecule has 1 saturated heterocycles. The molecule has 0 saturated carbocycles. The fourth-order valence-electron chi connectivity index (χ4n) is 2.90. The zero-order valence-electron chi connectivity index (χ0n) is 14.7. The van der Waals surface area contributed by atoms with Crippen molar-refractivity contribution in [3.63, 3.8) is 0 Å². The highest BCUT2D eigenvalue weighted by Gasteiger charge is 2.34. The van der Waals surface area contributed by atoms with Crippen molar-refractivity contribution in [3.05, 3.63) is 29.8 Å². The third-order valence-corrected chi connectivity index (χ3v) is 5.90. The van der Waals surface area contributed by atoms with Crippen LogP contribution >= 0.6 is 0 Å². The topological polar surface area (TPSA) is 95.9 Å². The summed E-state index contributed by atoms with van der Waals surface area (Å²) in [6, 6.07) is 6.35. The molecule has 0 radical (unpaired) electrons. The highest BCUT2D eigenvalue weighted by molar-refractivity contribution is 7.92. The molecule has 2 rings (SSSR count). The van der Waals surface area contributed by atoms with Crippen LogP contribution in [0.3, 0.4) is 0 Å². The van der Waals surface area contributed by atoms with Crippen LogP contribution in [-0.2, 0) is 14.8 Å². The third-order valence-electron chi connectivity index (χ3n) is 4.59. The molecule has 1 fully saturated rings. The quantitative estimate of drug-likeness (QED) is 0.754. The van der Waals surface area contributed by atoms with E-state index in [1.165, 1.54) is 0 Å². The Kier molecular flexibility index (Phi) is 6.42. The zero-order chi connectivity index (χ0) is 18.5. The van der Waals surface area contributed by atoms with E-state index >= 15 is 0 Å². The number of nitrogens with zero attached hydrogens (tertiary/aromatic N) is 1. The third kappa shape index (κ3) is 5.17. The van der Waals surface area contributed by atoms with Gasteiger partial charge in [0.25, 0.3) is 5.91 Å². The van der Waals surface area contributed by atoms with Crippen molar-refractivity contribution >= 4 is 21.6 Å². The molecule has 1 aliphatic heterocycles. The first-order chi connectivity index (χ1) is 11.8. The number of hydrogen-bond donors (Lipinski definition) is 2. The first kappa shape index (κ1) is 19.7. The van der Waals surface area contributed by atoms with Crippen LogP contribution in [0.4, 0.5) is 5.69 Å². The average Bonchev–Trinajstić information content (AvgIpc) is 2.62. The van der Waals surface area contributed by atoms with Gasteiger partial charge in [-0.25, -0.2) is 8.42 Å². The number of sulfonamides is 1. The Balaban J connectivity index is 2.04. The van der Waals surface area contributed by atoms with Crippen molar-refractivity contribution < 1.29 is 23.1 Å². The van der Waals surface area contributed by atoms with Crippen molar-refractivity contribution in [2.24, 2.45) is 5.41 Å². The average molecular weight is 370 g/mol. The molecule has 1 amide bonds. The van der Waals surface area contributed by atoms with Gasteiger partial charge in [-0.2, -0.15) is 0 Å². The van der Waals surface area contributed by atoms with E-state index in [1.807, 2.05) is 0 Å². The monoisotopic (exact) mass is 370 g/mol. The molecule has 140 valence electrons. The Hall–Kier alpha value is -1.64. The van der Waals surface area contributed by atoms with Gasteiger partial charge in [0.2, 0.25) is 10.0 Å². The fraction of sp³-hybridized carbons (Fsp3) is 0.588. The number of carbonyl (C=O) groups excluding carboxylic acids is 1. The Labute approximate surface area is 149 Å². The number of rotatable bonds is 7. The highest BCUT2D eigenvalue weighted by atomic mass is 32.2. The number of nitrogens with one attached hydrogen (secondary N) is 1. The van der Waals surface area contributed by atoms with Gasteiger partial charge in [-0.15, -0.1) is 0 Å². The van der Waals surface area contributed by atoms with E-state index in [2.05, 4.69) is 4.72 Å². The van der Waals surface area contributed by atoms with Gasteiger partial charge in [0, 0.05) is 43.5 Å². The Morgan fingerprint density at radius 3 is 2.40 bits per heavy atom. The lowest BCUT2D eigenvalue weighted by Gasteiger charge is -2.38. The van der Waals surface area contributed by atoms with E-state index in [4.69, 9.17) is 4.74 Å². The Morgan fingerprint density at radius 1 is 1.28 bits per heavy atom. The molecule has 0 atom stereocenters. The molecule has 0 spiro atoms. The number of amides is 1. The van der Waals surface area contributed by atoms with E-state index < -0.39 is 10.0 Å². The molecule has 1 aliphatic rings. The van der Waals surface area contributed by atoms with Gasteiger partial charge in [-0.05, 0) is 44.0 Å². The highest BCUT2D eigenvalue weighted by Crippen LogP contribution is 2.31. The molecule has 1 heterocycles. The molecule has 25 heavy (non-hydrogen) atoms. The molecule has 7 nitrogen and oxygen atoms in total. The smallest absolute Gasteiger partial charge is 0.253 e. The minimum Gasteiger partial charge on any atom is -0.396 e. The van der Waals surface area contributed by atoms with E-state index in [-0.39, 0.29) is 23.7 Å². The van der Waals surface area contributed by atoms with Crippen LogP contribution < -0.4 is 4.72 Å². The molecule has 0 unspecified atom stereocenters. The van der Waals surface area contributed by atoms with Gasteiger partial charge in [0.05, 0.1) is 12.4 Å². The summed E-state index contributed by atoms with van der Waals surface area (Å²) >= 11 is 0. The summed E-state index contributed by atoms with van der Waals surface area (Å²) in [5.74, 6) is -0.173. The SMILES string of the molecule is CCS(=O)(=O)Nc1ccc(C(=O)N(C)CC2(CO)CCOCC2)cc1. The summed E-state index contributed by atoms with van der Waals surface area (Å²) < 4.78 is 30.9. The van der Waals surface area contributed by atoms with Gasteiger partial charge in [-0.1, -0.05) is 0 Å². The van der Waals surface area contributed by atoms with E-state index in [0.29, 0.717) is 31.0 Å². The molecular weight excluding hydrogens is 344 g/mol. The van der Waals surface area contributed by atoms with Gasteiger partial charge in [-0.3, -0.25) is 9.52 Å². The maximum absolute atomic E-state index is 12.6. The van der Waals surface area contributed by atoms with Crippen LogP contribution in [0.15, 0.2) is 24.3 Å². The maximum atomic E-state index is 12.6. The van der Waals surface area contributed by atoms with Gasteiger partial charge in [0.15, 0.2) is 0 Å². The zero-order valence-corrected chi connectivity index (χ0v) is 15.5. The molecule has 0 bridgehead atoms. The van der Waals surface area contributed by atoms with Crippen molar-refractivity contribution in [1.29, 1.82) is 0 Å². The molecule has 1 aromatic carbocycles. The number of aliphatic hydroxyl groups excluding tert-OH is 1. The largest absolute Gasteiger partial charge is 0.396 e. The summed E-state index contributed by atoms with van der Waals surface area (Å²) in [6.45, 7) is 3.22. The van der Waals surface area contributed by atoms with Crippen molar-refractivity contribution in [1.82, 2.24) is 4.90 Å². The summed E-state index contributed by atoms with van der Waals surface area (Å²) in [5, 5.41) is 9.75. The molecule has 1 aromatic rings. The van der Waals surface area contributed by atoms with Crippen molar-refractivity contribution in [2.45, 2.75) is 19.8 Å². The van der Waals surface area contributed by atoms with E-state index in [9.17, 15) is 18.3 Å². The van der Waals surface area contributed by atoms with Crippen LogP contribution in [0.2, 0.25) is 0 Å². The first-order valence-electron chi connectivity index (χ1n) is 8.35. The van der Waals surface area contributed by atoms with E-state index in [1.54, 1.807) is 43.1 Å². The number of benzene rings is 1. The first-order valence-corrected chi connectivity index (χ1v) is 10.0. The second kappa shape index (κ2) is 8.16. The number of carbonyl (C=O) groups is 1. The maximum Gasteiger partial charge on any atom is 0.253 e. The summed E-state index contributed by atoms with van der Waals surface area (Å²) in [6.07, 6.45) is 1.44. The minimum atomic E-state index is -3.34. The molecule has 0 aromatic heterocycles. The molecular formula is C17H26N2O5S. The standard InChI is InChI=1S/C17H26N2O5S/c1-3-25(22,23)18-15-6-4-14(5-7-15)16(21)19(2)12-17(13-20)8-10-24-11-9-17/h4-7,18,20H,3,8-13H2,1-2H3. The summed E-state index contributed by atoms with van der Waals surface area (Å²) in [5.41, 5.74) is 0.582. The van der Waals surface area contributed by atoms with Crippen LogP contribution in [-0.4, -0.2) is 63.5 Å². The van der Waals surface area contributed by atoms with Crippen molar-refractivity contribution in [2.75, 3.05) is 43.9 Å². The lowest BCUT2D eigenvalue weighted by atomic mass is 9.80. The Bertz CT molecular complexity index is 681. The predicted molar refractivity (Wildman–Crippen MR) is 96.1 cm³/mol. The summed E-state index contributed by atoms with van der Waals surface area (Å²) in [7, 11) is -1.63. The Morgan fingerprint density at radius 2 is 1.88 bits per heavy atom. The normalized spacial score (nSPS) is 17.1. The van der Waals surface area contributed by atoms with Crippen molar-refractivity contribution in [3.8, 4) is 0 Å². The van der Waals surface area contributed by atoms with Gasteiger partial charge in [0.1, 0.15) is 0 Å². The van der Waals surface area contributed by atoms with Crippen LogP contribution in [0, 0.1) is 5.41 Å². The second-order valence-corrected chi connectivity index (χ2v) is 8.53. The number of anilines is 1. The number of ether oxygens (including phenoxy) is 1. The van der Waals surface area contributed by atoms with Crippen LogP contribution in [0.1, 0.15) is 30.1 Å². The second-order valence-electron chi connectivity index (χ2n) is 6.51. The van der Waals surface area contributed by atoms with E-state index in [0.717, 1.165) is 12.8 Å². The lowest BCUT2D eigenvalue weighted by Crippen LogP contribution is -2.44. The lowest BCUT2D eigenvalue weighted by molar-refractivity contribution is -0.0282. The van der Waals surface area contributed by atoms with Crippen LogP contribution in [0.25, 0.3) is 0 Å². The molecule has 2 N–H and O–H groups in total. The molecule has 0 aliphatic carbocycles. The van der Waals surface area contributed by atoms with Gasteiger partial charge < -0.3 is 14.7 Å². The number of aliphatic hydroxyl groups is 1. The number of hydrogen-bond acceptors (Lipinski definition) is 5. The predicted octanol–water partition coefficient (Wildman–Crippen LogP) is 1.31. The van der Waals surface area contributed by atoms with Crippen LogP contribution in [0.5, 0.6) is 0 Å². The minimum absolute atomic E-state index is 0.0105.